The summed E-state index contributed by atoms with van der Waals surface area (Å²) in [6, 6.07) is 3.92. The summed E-state index contributed by atoms with van der Waals surface area (Å²) in [5, 5.41) is 18.7. The Hall–Kier alpha value is -3.48. The number of thioether (sulfide) groups is 1. The fourth-order valence-corrected chi connectivity index (χ4v) is 4.50. The number of carbonyl (C=O) groups excluding carboxylic acids is 4. The van der Waals surface area contributed by atoms with Crippen molar-refractivity contribution in [3.63, 3.8) is 0 Å². The summed E-state index contributed by atoms with van der Waals surface area (Å²) < 4.78 is 5.10. The minimum absolute atomic E-state index is 0.0580. The SMILES string of the molecule is O=C(C=Cc1ccco1)NCc1cc(Cl)c(C(=O)N[C@@H](CNC(=O)[C@@H]2CSC(=O)N2)C(=O)O)c(Cl)c1. The molecule has 3 rings (SSSR count). The van der Waals surface area contributed by atoms with Gasteiger partial charge in [0.15, 0.2) is 0 Å². The van der Waals surface area contributed by atoms with Gasteiger partial charge in [-0.2, -0.15) is 0 Å². The highest BCUT2D eigenvalue weighted by Gasteiger charge is 2.30. The highest BCUT2D eigenvalue weighted by molar-refractivity contribution is 8.14. The first-order valence-corrected chi connectivity index (χ1v) is 12.1. The molecule has 1 aromatic carbocycles. The number of rotatable bonds is 10. The molecule has 1 aromatic heterocycles. The number of nitrogens with one attached hydrogen (secondary N) is 4. The van der Waals surface area contributed by atoms with Crippen LogP contribution in [-0.4, -0.2) is 58.4 Å². The Morgan fingerprint density at radius 3 is 2.53 bits per heavy atom. The molecule has 2 atom stereocenters. The first-order chi connectivity index (χ1) is 17.1. The Morgan fingerprint density at radius 2 is 1.94 bits per heavy atom. The third-order valence-electron chi connectivity index (χ3n) is 4.81. The van der Waals surface area contributed by atoms with E-state index in [1.807, 2.05) is 0 Å². The highest BCUT2D eigenvalue weighted by Crippen LogP contribution is 2.27. The van der Waals surface area contributed by atoms with Crippen molar-refractivity contribution in [3.05, 3.63) is 63.5 Å². The Kier molecular flexibility index (Phi) is 9.39. The average molecular weight is 555 g/mol. The van der Waals surface area contributed by atoms with E-state index in [0.29, 0.717) is 11.3 Å². The molecule has 0 bridgehead atoms. The molecule has 4 amide bonds. The van der Waals surface area contributed by atoms with E-state index in [0.717, 1.165) is 11.8 Å². The first-order valence-electron chi connectivity index (χ1n) is 10.4. The van der Waals surface area contributed by atoms with Crippen molar-refractivity contribution in [3.8, 4) is 0 Å². The number of aliphatic carboxylic acids is 1. The summed E-state index contributed by atoms with van der Waals surface area (Å²) in [6.07, 6.45) is 4.26. The van der Waals surface area contributed by atoms with Crippen molar-refractivity contribution in [2.75, 3.05) is 12.3 Å². The van der Waals surface area contributed by atoms with Gasteiger partial charge in [0, 0.05) is 24.9 Å². The molecule has 0 radical (unpaired) electrons. The number of carboxylic acid groups (broad SMARTS) is 1. The van der Waals surface area contributed by atoms with Crippen LogP contribution in [0.4, 0.5) is 4.79 Å². The van der Waals surface area contributed by atoms with Gasteiger partial charge in [-0.1, -0.05) is 35.0 Å². The molecule has 2 aromatic rings. The minimum Gasteiger partial charge on any atom is -0.480 e. The number of carboxylic acids is 1. The van der Waals surface area contributed by atoms with Gasteiger partial charge < -0.3 is 30.8 Å². The second-order valence-corrected chi connectivity index (χ2v) is 9.21. The van der Waals surface area contributed by atoms with Crippen LogP contribution in [0.3, 0.4) is 0 Å². The van der Waals surface area contributed by atoms with Crippen LogP contribution in [0, 0.1) is 0 Å². The van der Waals surface area contributed by atoms with Crippen LogP contribution in [0.2, 0.25) is 10.0 Å². The Labute approximate surface area is 218 Å². The second kappa shape index (κ2) is 12.5. The monoisotopic (exact) mass is 554 g/mol. The lowest BCUT2D eigenvalue weighted by atomic mass is 10.1. The zero-order valence-electron chi connectivity index (χ0n) is 18.4. The molecule has 1 aliphatic heterocycles. The fourth-order valence-electron chi connectivity index (χ4n) is 3.02. The van der Waals surface area contributed by atoms with Crippen molar-refractivity contribution < 1.29 is 33.5 Å². The molecule has 2 heterocycles. The predicted molar refractivity (Wildman–Crippen MR) is 133 cm³/mol. The van der Waals surface area contributed by atoms with E-state index in [2.05, 4.69) is 21.3 Å². The van der Waals surface area contributed by atoms with E-state index in [1.54, 1.807) is 12.1 Å². The molecule has 0 saturated carbocycles. The molecular weight excluding hydrogens is 535 g/mol. The van der Waals surface area contributed by atoms with E-state index >= 15 is 0 Å². The van der Waals surface area contributed by atoms with Gasteiger partial charge >= 0.3 is 5.97 Å². The zero-order valence-corrected chi connectivity index (χ0v) is 20.7. The molecule has 190 valence electrons. The maximum Gasteiger partial charge on any atom is 0.328 e. The minimum atomic E-state index is -1.49. The van der Waals surface area contributed by atoms with Gasteiger partial charge in [-0.15, -0.1) is 0 Å². The Morgan fingerprint density at radius 1 is 1.22 bits per heavy atom. The molecular formula is C22H20Cl2N4O7S. The number of carbonyl (C=O) groups is 5. The zero-order chi connectivity index (χ0) is 26.2. The lowest BCUT2D eigenvalue weighted by Crippen LogP contribution is -2.51. The van der Waals surface area contributed by atoms with E-state index < -0.39 is 42.3 Å². The van der Waals surface area contributed by atoms with Crippen molar-refractivity contribution >= 4 is 70.0 Å². The second-order valence-electron chi connectivity index (χ2n) is 7.41. The molecule has 36 heavy (non-hydrogen) atoms. The van der Waals surface area contributed by atoms with Crippen LogP contribution in [0.15, 0.2) is 41.0 Å². The van der Waals surface area contributed by atoms with E-state index in [4.69, 9.17) is 27.6 Å². The van der Waals surface area contributed by atoms with Crippen LogP contribution in [0.25, 0.3) is 6.08 Å². The summed E-state index contributed by atoms with van der Waals surface area (Å²) in [5.41, 5.74) is 0.336. The number of hydrogen-bond donors (Lipinski definition) is 5. The third kappa shape index (κ3) is 7.51. The van der Waals surface area contributed by atoms with Gasteiger partial charge in [0.05, 0.1) is 21.9 Å². The van der Waals surface area contributed by atoms with Gasteiger partial charge in [0.1, 0.15) is 17.8 Å². The van der Waals surface area contributed by atoms with E-state index in [-0.39, 0.29) is 33.1 Å². The predicted octanol–water partition coefficient (Wildman–Crippen LogP) is 2.04. The van der Waals surface area contributed by atoms with Crippen molar-refractivity contribution in [1.29, 1.82) is 0 Å². The Balaban J connectivity index is 1.58. The standard InChI is InChI=1S/C22H20Cl2N4O7S/c23-13-6-11(8-25-17(29)4-3-12-2-1-5-35-12)7-14(24)18(13)20(31)27-15(21(32)33)9-26-19(30)16-10-36-22(34)28-16/h1-7,15-16H,8-10H2,(H,25,29)(H,26,30)(H,27,31)(H,28,34)(H,32,33)/t15-,16-/m0/s1. The number of halogens is 2. The van der Waals surface area contributed by atoms with Crippen molar-refractivity contribution in [1.82, 2.24) is 21.3 Å². The maximum absolute atomic E-state index is 12.7. The largest absolute Gasteiger partial charge is 0.480 e. The maximum atomic E-state index is 12.7. The molecule has 14 heteroatoms. The molecule has 11 nitrogen and oxygen atoms in total. The number of hydrogen-bond acceptors (Lipinski definition) is 7. The molecule has 0 aliphatic carbocycles. The highest BCUT2D eigenvalue weighted by atomic mass is 35.5. The summed E-state index contributed by atoms with van der Waals surface area (Å²) in [7, 11) is 0. The molecule has 0 unspecified atom stereocenters. The van der Waals surface area contributed by atoms with E-state index in [1.165, 1.54) is 30.5 Å². The normalized spacial score (nSPS) is 15.8. The molecule has 1 saturated heterocycles. The van der Waals surface area contributed by atoms with E-state index in [9.17, 15) is 29.1 Å². The number of furan rings is 1. The average Bonchev–Trinajstić information content (AvgIpc) is 3.50. The van der Waals surface area contributed by atoms with Crippen LogP contribution in [0.1, 0.15) is 21.7 Å². The van der Waals surface area contributed by atoms with Crippen LogP contribution >= 0.6 is 35.0 Å². The van der Waals surface area contributed by atoms with Crippen molar-refractivity contribution in [2.45, 2.75) is 18.6 Å². The quantitative estimate of drug-likeness (QED) is 0.278. The van der Waals surface area contributed by atoms with Crippen LogP contribution in [0.5, 0.6) is 0 Å². The topological polar surface area (TPSA) is 167 Å². The molecule has 0 spiro atoms. The summed E-state index contributed by atoms with van der Waals surface area (Å²) in [4.78, 5) is 59.6. The van der Waals surface area contributed by atoms with Crippen LogP contribution < -0.4 is 21.3 Å². The van der Waals surface area contributed by atoms with Crippen molar-refractivity contribution in [2.24, 2.45) is 0 Å². The van der Waals surface area contributed by atoms with Gasteiger partial charge in [-0.05, 0) is 35.9 Å². The lowest BCUT2D eigenvalue weighted by molar-refractivity contribution is -0.139. The van der Waals surface area contributed by atoms with Gasteiger partial charge in [-0.3, -0.25) is 19.2 Å². The summed E-state index contributed by atoms with van der Waals surface area (Å²) in [5.74, 6) is -2.52. The first kappa shape index (κ1) is 27.1. The Bertz CT molecular complexity index is 1180. The molecule has 1 aliphatic rings. The summed E-state index contributed by atoms with van der Waals surface area (Å²) in [6.45, 7) is -0.371. The van der Waals surface area contributed by atoms with Gasteiger partial charge in [-0.25, -0.2) is 4.79 Å². The number of benzene rings is 1. The molecule has 5 N–H and O–H groups in total. The van der Waals surface area contributed by atoms with Gasteiger partial charge in [0.25, 0.3) is 11.1 Å². The smallest absolute Gasteiger partial charge is 0.328 e. The van der Waals surface area contributed by atoms with Gasteiger partial charge in [0.2, 0.25) is 11.8 Å². The third-order valence-corrected chi connectivity index (χ3v) is 6.29. The fraction of sp³-hybridized carbons (Fsp3) is 0.227. The number of amides is 4. The lowest BCUT2D eigenvalue weighted by Gasteiger charge is -2.18. The van der Waals surface area contributed by atoms with Crippen LogP contribution in [-0.2, 0) is 20.9 Å². The summed E-state index contributed by atoms with van der Waals surface area (Å²) >= 11 is 13.4. The molecule has 1 fully saturated rings.